The third kappa shape index (κ3) is 1.32. The lowest BCUT2D eigenvalue weighted by atomic mass is 10.3. The van der Waals surface area contributed by atoms with E-state index in [-0.39, 0.29) is 0 Å². The maximum atomic E-state index is 5.48. The zero-order valence-corrected chi connectivity index (χ0v) is 6.27. The summed E-state index contributed by atoms with van der Waals surface area (Å²) in [5.74, 6) is 0. The number of nitrogens with two attached hydrogens (primary N) is 1. The van der Waals surface area contributed by atoms with Crippen molar-refractivity contribution in [1.82, 2.24) is 4.90 Å². The van der Waals surface area contributed by atoms with Crippen molar-refractivity contribution in [2.24, 2.45) is 5.73 Å². The average molecular weight is 138 g/mol. The van der Waals surface area contributed by atoms with E-state index in [4.69, 9.17) is 5.73 Å². The molecule has 0 aromatic carbocycles. The molecular formula is C8H14N2. The molecule has 0 bridgehead atoms. The Balaban J connectivity index is 2.48. The molecule has 0 saturated carbocycles. The van der Waals surface area contributed by atoms with E-state index in [1.54, 1.807) is 0 Å². The molecule has 1 aliphatic heterocycles. The fourth-order valence-electron chi connectivity index (χ4n) is 1.19. The van der Waals surface area contributed by atoms with Gasteiger partial charge in [0.25, 0.3) is 0 Å². The van der Waals surface area contributed by atoms with Crippen molar-refractivity contribution in [3.63, 3.8) is 0 Å². The first-order valence-electron chi connectivity index (χ1n) is 3.60. The molecule has 56 valence electrons. The molecule has 1 aliphatic rings. The average Bonchev–Trinajstić information content (AvgIpc) is 2.36. The zero-order valence-electron chi connectivity index (χ0n) is 6.27. The van der Waals surface area contributed by atoms with Gasteiger partial charge in [0.05, 0.1) is 5.70 Å². The summed E-state index contributed by atoms with van der Waals surface area (Å²) in [5.41, 5.74) is 6.98. The van der Waals surface area contributed by atoms with E-state index in [2.05, 4.69) is 18.1 Å². The molecule has 0 radical (unpaired) electrons. The number of hydrogen-bond acceptors (Lipinski definition) is 2. The summed E-state index contributed by atoms with van der Waals surface area (Å²) in [5, 5.41) is 0. The maximum absolute atomic E-state index is 5.48. The van der Waals surface area contributed by atoms with Crippen LogP contribution in [0.15, 0.2) is 24.6 Å². The van der Waals surface area contributed by atoms with Crippen LogP contribution in [0.2, 0.25) is 0 Å². The van der Waals surface area contributed by atoms with Crippen LogP contribution in [0.5, 0.6) is 0 Å². The number of likely N-dealkylation sites (tertiary alicyclic amines) is 1. The largest absolute Gasteiger partial charge is 0.398 e. The predicted octanol–water partition coefficient (Wildman–Crippen LogP) is 1.07. The summed E-state index contributed by atoms with van der Waals surface area (Å²) in [6, 6.07) is 0. The highest BCUT2D eigenvalue weighted by Gasteiger charge is 2.12. The highest BCUT2D eigenvalue weighted by molar-refractivity contribution is 5.20. The van der Waals surface area contributed by atoms with Gasteiger partial charge >= 0.3 is 0 Å². The number of rotatable bonds is 2. The molecule has 0 aromatic rings. The smallest absolute Gasteiger partial charge is 0.0520 e. The van der Waals surface area contributed by atoms with Gasteiger partial charge < -0.3 is 10.6 Å². The van der Waals surface area contributed by atoms with E-state index in [1.807, 2.05) is 0 Å². The number of hydrogen-bond donors (Lipinski definition) is 1. The molecule has 0 unspecified atom stereocenters. The van der Waals surface area contributed by atoms with E-state index >= 15 is 0 Å². The van der Waals surface area contributed by atoms with Gasteiger partial charge in [-0.25, -0.2) is 0 Å². The topological polar surface area (TPSA) is 29.3 Å². The molecule has 1 rings (SSSR count). The van der Waals surface area contributed by atoms with Gasteiger partial charge in [0.15, 0.2) is 0 Å². The standard InChI is InChI=1S/C8H14N2/c1-7(9)8(2)10-5-3-4-6-10/h1-6,9H2. The van der Waals surface area contributed by atoms with Crippen LogP contribution in [0.25, 0.3) is 0 Å². The van der Waals surface area contributed by atoms with Gasteiger partial charge in [-0.1, -0.05) is 13.2 Å². The van der Waals surface area contributed by atoms with Crippen LogP contribution in [-0.2, 0) is 0 Å². The summed E-state index contributed by atoms with van der Waals surface area (Å²) >= 11 is 0. The minimum atomic E-state index is 0.599. The first kappa shape index (κ1) is 7.19. The molecule has 10 heavy (non-hydrogen) atoms. The van der Waals surface area contributed by atoms with Crippen LogP contribution in [0.4, 0.5) is 0 Å². The van der Waals surface area contributed by atoms with Gasteiger partial charge in [-0.3, -0.25) is 0 Å². The number of nitrogens with zero attached hydrogens (tertiary/aromatic N) is 1. The van der Waals surface area contributed by atoms with E-state index in [0.717, 1.165) is 18.8 Å². The molecule has 1 heterocycles. The Labute approximate surface area is 62.0 Å². The summed E-state index contributed by atoms with van der Waals surface area (Å²) < 4.78 is 0. The normalized spacial score (nSPS) is 17.4. The molecule has 2 heteroatoms. The van der Waals surface area contributed by atoms with Crippen molar-refractivity contribution in [2.75, 3.05) is 13.1 Å². The molecule has 0 aromatic heterocycles. The highest BCUT2D eigenvalue weighted by Crippen LogP contribution is 2.15. The van der Waals surface area contributed by atoms with Gasteiger partial charge in [-0.2, -0.15) is 0 Å². The summed E-state index contributed by atoms with van der Waals surface area (Å²) in [4.78, 5) is 2.18. The Morgan fingerprint density at radius 1 is 1.20 bits per heavy atom. The lowest BCUT2D eigenvalue weighted by Gasteiger charge is -2.19. The molecule has 0 amide bonds. The lowest BCUT2D eigenvalue weighted by Crippen LogP contribution is -2.21. The Kier molecular flexibility index (Phi) is 2.00. The molecule has 2 N–H and O–H groups in total. The molecule has 1 fully saturated rings. The minimum Gasteiger partial charge on any atom is -0.398 e. The summed E-state index contributed by atoms with van der Waals surface area (Å²) in [6.07, 6.45) is 2.51. The van der Waals surface area contributed by atoms with Crippen molar-refractivity contribution in [2.45, 2.75) is 12.8 Å². The lowest BCUT2D eigenvalue weighted by molar-refractivity contribution is 0.435. The van der Waals surface area contributed by atoms with Gasteiger partial charge in [0.2, 0.25) is 0 Å². The second-order valence-corrected chi connectivity index (χ2v) is 2.67. The van der Waals surface area contributed by atoms with E-state index in [0.29, 0.717) is 5.70 Å². The Hall–Kier alpha value is -0.920. The van der Waals surface area contributed by atoms with Gasteiger partial charge in [0, 0.05) is 18.8 Å². The first-order chi connectivity index (χ1) is 4.72. The maximum Gasteiger partial charge on any atom is 0.0520 e. The van der Waals surface area contributed by atoms with E-state index in [1.165, 1.54) is 12.8 Å². The molecule has 0 aliphatic carbocycles. The highest BCUT2D eigenvalue weighted by atomic mass is 15.2. The second-order valence-electron chi connectivity index (χ2n) is 2.67. The minimum absolute atomic E-state index is 0.599. The molecule has 2 nitrogen and oxygen atoms in total. The zero-order chi connectivity index (χ0) is 7.56. The molecule has 1 saturated heterocycles. The van der Waals surface area contributed by atoms with Crippen molar-refractivity contribution in [3.05, 3.63) is 24.6 Å². The SMILES string of the molecule is C=C(N)C(=C)N1CCCC1. The van der Waals surface area contributed by atoms with E-state index in [9.17, 15) is 0 Å². The van der Waals surface area contributed by atoms with Crippen LogP contribution < -0.4 is 5.73 Å². The fourth-order valence-corrected chi connectivity index (χ4v) is 1.19. The molecule has 0 atom stereocenters. The molecule has 0 spiro atoms. The Morgan fingerprint density at radius 3 is 2.10 bits per heavy atom. The van der Waals surface area contributed by atoms with Gasteiger partial charge in [0.1, 0.15) is 0 Å². The monoisotopic (exact) mass is 138 g/mol. The second kappa shape index (κ2) is 2.78. The van der Waals surface area contributed by atoms with Gasteiger partial charge in [-0.15, -0.1) is 0 Å². The van der Waals surface area contributed by atoms with Crippen molar-refractivity contribution < 1.29 is 0 Å². The quantitative estimate of drug-likeness (QED) is 0.578. The summed E-state index contributed by atoms with van der Waals surface area (Å²) in [6.45, 7) is 9.66. The van der Waals surface area contributed by atoms with Crippen LogP contribution in [0.1, 0.15) is 12.8 Å². The molecular weight excluding hydrogens is 124 g/mol. The van der Waals surface area contributed by atoms with Crippen LogP contribution >= 0.6 is 0 Å². The Bertz CT molecular complexity index is 155. The first-order valence-corrected chi connectivity index (χ1v) is 3.60. The summed E-state index contributed by atoms with van der Waals surface area (Å²) in [7, 11) is 0. The van der Waals surface area contributed by atoms with E-state index < -0.39 is 0 Å². The van der Waals surface area contributed by atoms with Crippen molar-refractivity contribution >= 4 is 0 Å². The van der Waals surface area contributed by atoms with Crippen LogP contribution in [0, 0.1) is 0 Å². The third-order valence-electron chi connectivity index (χ3n) is 1.86. The van der Waals surface area contributed by atoms with Crippen molar-refractivity contribution in [3.8, 4) is 0 Å². The third-order valence-corrected chi connectivity index (χ3v) is 1.86. The van der Waals surface area contributed by atoms with Crippen molar-refractivity contribution in [1.29, 1.82) is 0 Å². The predicted molar refractivity (Wildman–Crippen MR) is 43.3 cm³/mol. The fraction of sp³-hybridized carbons (Fsp3) is 0.500. The Morgan fingerprint density at radius 2 is 1.70 bits per heavy atom. The van der Waals surface area contributed by atoms with Crippen LogP contribution in [0.3, 0.4) is 0 Å². The van der Waals surface area contributed by atoms with Gasteiger partial charge in [-0.05, 0) is 12.8 Å². The van der Waals surface area contributed by atoms with Crippen LogP contribution in [-0.4, -0.2) is 18.0 Å².